The number of amides is 1. The van der Waals surface area contributed by atoms with Crippen LogP contribution in [0.1, 0.15) is 25.7 Å². The topological polar surface area (TPSA) is 32.8 Å². The zero-order valence-corrected chi connectivity index (χ0v) is 16.2. The number of thioether (sulfide) groups is 1. The molecular weight excluding hydrogens is 356 g/mol. The van der Waals surface area contributed by atoms with Gasteiger partial charge in [0.2, 0.25) is 0 Å². The first-order chi connectivity index (χ1) is 12.2. The SMILES string of the molecule is O=C(COc1ccc(Cl)cc1)N1CCCSCC1CN1CCCCC1. The van der Waals surface area contributed by atoms with Crippen molar-refractivity contribution in [3.8, 4) is 5.75 Å². The van der Waals surface area contributed by atoms with Crippen LogP contribution in [0.3, 0.4) is 0 Å². The third kappa shape index (κ3) is 5.80. The Balaban J connectivity index is 1.57. The van der Waals surface area contributed by atoms with E-state index in [9.17, 15) is 4.79 Å². The number of hydrogen-bond donors (Lipinski definition) is 0. The highest BCUT2D eigenvalue weighted by molar-refractivity contribution is 7.99. The Morgan fingerprint density at radius 3 is 2.64 bits per heavy atom. The van der Waals surface area contributed by atoms with Gasteiger partial charge < -0.3 is 14.5 Å². The molecule has 0 N–H and O–H groups in total. The van der Waals surface area contributed by atoms with E-state index >= 15 is 0 Å². The van der Waals surface area contributed by atoms with Crippen LogP contribution in [0.5, 0.6) is 5.75 Å². The van der Waals surface area contributed by atoms with Crippen molar-refractivity contribution in [2.24, 2.45) is 0 Å². The second-order valence-corrected chi connectivity index (χ2v) is 8.36. The number of rotatable bonds is 5. The Morgan fingerprint density at radius 1 is 1.12 bits per heavy atom. The molecular formula is C19H27ClN2O2S. The molecule has 2 aliphatic heterocycles. The van der Waals surface area contributed by atoms with Crippen LogP contribution in [-0.2, 0) is 4.79 Å². The van der Waals surface area contributed by atoms with E-state index in [-0.39, 0.29) is 12.5 Å². The van der Waals surface area contributed by atoms with Crippen LogP contribution < -0.4 is 4.74 Å². The minimum Gasteiger partial charge on any atom is -0.484 e. The van der Waals surface area contributed by atoms with E-state index in [0.717, 1.165) is 31.0 Å². The molecule has 1 amide bonds. The van der Waals surface area contributed by atoms with Gasteiger partial charge >= 0.3 is 0 Å². The standard InChI is InChI=1S/C19H27ClN2O2S/c20-16-5-7-18(8-6-16)24-14-19(23)22-11-4-12-25-15-17(22)13-21-9-2-1-3-10-21/h5-8,17H,1-4,9-15H2. The van der Waals surface area contributed by atoms with Crippen molar-refractivity contribution in [2.45, 2.75) is 31.7 Å². The van der Waals surface area contributed by atoms with E-state index in [1.807, 2.05) is 11.8 Å². The Hall–Kier alpha value is -0.910. The summed E-state index contributed by atoms with van der Waals surface area (Å²) >= 11 is 7.86. The van der Waals surface area contributed by atoms with Crippen molar-refractivity contribution < 1.29 is 9.53 Å². The molecule has 2 heterocycles. The first kappa shape index (κ1) is 18.9. The summed E-state index contributed by atoms with van der Waals surface area (Å²) in [5, 5.41) is 0.671. The predicted octanol–water partition coefficient (Wildman–Crippen LogP) is 3.54. The molecule has 2 fully saturated rings. The number of piperidine rings is 1. The van der Waals surface area contributed by atoms with Gasteiger partial charge in [-0.05, 0) is 62.4 Å². The van der Waals surface area contributed by atoms with Gasteiger partial charge in [-0.15, -0.1) is 0 Å². The van der Waals surface area contributed by atoms with E-state index in [4.69, 9.17) is 16.3 Å². The summed E-state index contributed by atoms with van der Waals surface area (Å²) in [6, 6.07) is 7.47. The van der Waals surface area contributed by atoms with E-state index in [1.165, 1.54) is 32.4 Å². The van der Waals surface area contributed by atoms with Crippen molar-refractivity contribution in [3.63, 3.8) is 0 Å². The van der Waals surface area contributed by atoms with Crippen LogP contribution in [0.4, 0.5) is 0 Å². The van der Waals surface area contributed by atoms with Gasteiger partial charge in [-0.1, -0.05) is 18.0 Å². The summed E-state index contributed by atoms with van der Waals surface area (Å²) in [6.45, 7) is 4.28. The lowest BCUT2D eigenvalue weighted by Gasteiger charge is -2.35. The van der Waals surface area contributed by atoms with Crippen LogP contribution in [0, 0.1) is 0 Å². The zero-order chi connectivity index (χ0) is 17.5. The molecule has 4 nitrogen and oxygen atoms in total. The lowest BCUT2D eigenvalue weighted by Crippen LogP contribution is -2.50. The van der Waals surface area contributed by atoms with Crippen LogP contribution in [0.25, 0.3) is 0 Å². The molecule has 0 aliphatic carbocycles. The molecule has 25 heavy (non-hydrogen) atoms. The molecule has 0 saturated carbocycles. The van der Waals surface area contributed by atoms with Gasteiger partial charge in [-0.25, -0.2) is 0 Å². The molecule has 2 aliphatic rings. The summed E-state index contributed by atoms with van der Waals surface area (Å²) in [5.74, 6) is 2.95. The molecule has 1 aromatic rings. The van der Waals surface area contributed by atoms with Crippen LogP contribution in [0.15, 0.2) is 24.3 Å². The molecule has 0 spiro atoms. The molecule has 2 saturated heterocycles. The molecule has 6 heteroatoms. The maximum absolute atomic E-state index is 12.8. The summed E-state index contributed by atoms with van der Waals surface area (Å²) in [5.41, 5.74) is 0. The maximum atomic E-state index is 12.8. The van der Waals surface area contributed by atoms with E-state index in [0.29, 0.717) is 16.8 Å². The second-order valence-electron chi connectivity index (χ2n) is 6.77. The number of nitrogens with zero attached hydrogens (tertiary/aromatic N) is 2. The minimum absolute atomic E-state index is 0.0967. The van der Waals surface area contributed by atoms with Crippen molar-refractivity contribution in [1.29, 1.82) is 0 Å². The predicted molar refractivity (Wildman–Crippen MR) is 105 cm³/mol. The third-order valence-corrected chi connectivity index (χ3v) is 6.30. The normalized spacial score (nSPS) is 22.4. The summed E-state index contributed by atoms with van der Waals surface area (Å²) < 4.78 is 5.68. The van der Waals surface area contributed by atoms with Crippen molar-refractivity contribution in [3.05, 3.63) is 29.3 Å². The van der Waals surface area contributed by atoms with Crippen LogP contribution >= 0.6 is 23.4 Å². The minimum atomic E-state index is 0.0967. The number of benzene rings is 1. The smallest absolute Gasteiger partial charge is 0.260 e. The Morgan fingerprint density at radius 2 is 1.88 bits per heavy atom. The van der Waals surface area contributed by atoms with Gasteiger partial charge in [0.05, 0.1) is 6.04 Å². The highest BCUT2D eigenvalue weighted by Crippen LogP contribution is 2.20. The molecule has 138 valence electrons. The van der Waals surface area contributed by atoms with Gasteiger partial charge in [0.25, 0.3) is 5.91 Å². The average molecular weight is 383 g/mol. The summed E-state index contributed by atoms with van der Waals surface area (Å²) in [4.78, 5) is 17.4. The number of carbonyl (C=O) groups is 1. The summed E-state index contributed by atoms with van der Waals surface area (Å²) in [7, 11) is 0. The van der Waals surface area contributed by atoms with Gasteiger partial charge in [0.1, 0.15) is 5.75 Å². The molecule has 3 rings (SSSR count). The maximum Gasteiger partial charge on any atom is 0.260 e. The molecule has 0 bridgehead atoms. The molecule has 1 unspecified atom stereocenters. The number of likely N-dealkylation sites (tertiary alicyclic amines) is 1. The number of hydrogen-bond acceptors (Lipinski definition) is 4. The Bertz CT molecular complexity index is 549. The lowest BCUT2D eigenvalue weighted by molar-refractivity contribution is -0.135. The van der Waals surface area contributed by atoms with Crippen molar-refractivity contribution in [1.82, 2.24) is 9.80 Å². The number of halogens is 1. The van der Waals surface area contributed by atoms with Crippen molar-refractivity contribution in [2.75, 3.05) is 44.3 Å². The fourth-order valence-electron chi connectivity index (χ4n) is 3.51. The molecule has 1 atom stereocenters. The number of ether oxygens (including phenoxy) is 1. The van der Waals surface area contributed by atoms with Gasteiger partial charge in [-0.2, -0.15) is 11.8 Å². The zero-order valence-electron chi connectivity index (χ0n) is 14.7. The Labute approximate surface area is 159 Å². The fraction of sp³-hybridized carbons (Fsp3) is 0.632. The van der Waals surface area contributed by atoms with Crippen LogP contribution in [-0.4, -0.2) is 66.0 Å². The highest BCUT2D eigenvalue weighted by Gasteiger charge is 2.28. The summed E-state index contributed by atoms with van der Waals surface area (Å²) in [6.07, 6.45) is 4.97. The molecule has 0 aromatic heterocycles. The lowest BCUT2D eigenvalue weighted by atomic mass is 10.1. The first-order valence-corrected chi connectivity index (χ1v) is 10.7. The largest absolute Gasteiger partial charge is 0.484 e. The molecule has 0 radical (unpaired) electrons. The van der Waals surface area contributed by atoms with E-state index in [1.54, 1.807) is 24.3 Å². The van der Waals surface area contributed by atoms with Crippen molar-refractivity contribution >= 4 is 29.3 Å². The quantitative estimate of drug-likeness (QED) is 0.779. The first-order valence-electron chi connectivity index (χ1n) is 9.20. The monoisotopic (exact) mass is 382 g/mol. The molecule has 1 aromatic carbocycles. The second kappa shape index (κ2) is 9.70. The highest BCUT2D eigenvalue weighted by atomic mass is 35.5. The average Bonchev–Trinajstić information content (AvgIpc) is 2.87. The van der Waals surface area contributed by atoms with Gasteiger partial charge in [-0.3, -0.25) is 4.79 Å². The van der Waals surface area contributed by atoms with Gasteiger partial charge in [0, 0.05) is 23.9 Å². The number of carbonyl (C=O) groups excluding carboxylic acids is 1. The third-order valence-electron chi connectivity index (χ3n) is 4.85. The van der Waals surface area contributed by atoms with Crippen LogP contribution in [0.2, 0.25) is 5.02 Å². The Kier molecular flexibility index (Phi) is 7.32. The van der Waals surface area contributed by atoms with E-state index in [2.05, 4.69) is 9.80 Å². The van der Waals surface area contributed by atoms with E-state index < -0.39 is 0 Å². The fourth-order valence-corrected chi connectivity index (χ4v) is 4.69. The van der Waals surface area contributed by atoms with Gasteiger partial charge in [0.15, 0.2) is 6.61 Å².